The Bertz CT molecular complexity index is 652. The van der Waals surface area contributed by atoms with Crippen molar-refractivity contribution in [1.82, 2.24) is 5.32 Å². The SMILES string of the molecule is Fc1cccc(CC2NCC3c4ccccc4CCC23)c1. The summed E-state index contributed by atoms with van der Waals surface area (Å²) >= 11 is 0. The minimum absolute atomic E-state index is 0.129. The van der Waals surface area contributed by atoms with Crippen molar-refractivity contribution in [3.05, 3.63) is 71.0 Å². The van der Waals surface area contributed by atoms with Crippen molar-refractivity contribution in [2.24, 2.45) is 5.92 Å². The average molecular weight is 281 g/mol. The number of halogens is 1. The van der Waals surface area contributed by atoms with E-state index in [-0.39, 0.29) is 5.82 Å². The van der Waals surface area contributed by atoms with Gasteiger partial charge in [-0.2, -0.15) is 0 Å². The second-order valence-corrected chi connectivity index (χ2v) is 6.36. The summed E-state index contributed by atoms with van der Waals surface area (Å²) < 4.78 is 13.4. The molecule has 0 spiro atoms. The lowest BCUT2D eigenvalue weighted by Gasteiger charge is -2.30. The molecule has 1 aliphatic heterocycles. The smallest absolute Gasteiger partial charge is 0.123 e. The van der Waals surface area contributed by atoms with Crippen LogP contribution >= 0.6 is 0 Å². The van der Waals surface area contributed by atoms with Gasteiger partial charge in [0.25, 0.3) is 0 Å². The molecule has 3 atom stereocenters. The first-order chi connectivity index (χ1) is 10.3. The summed E-state index contributed by atoms with van der Waals surface area (Å²) in [4.78, 5) is 0. The average Bonchev–Trinajstić information content (AvgIpc) is 2.91. The molecule has 2 aromatic rings. The third-order valence-electron chi connectivity index (χ3n) is 5.18. The maximum Gasteiger partial charge on any atom is 0.123 e. The predicted molar refractivity (Wildman–Crippen MR) is 82.9 cm³/mol. The van der Waals surface area contributed by atoms with Crippen LogP contribution in [0.3, 0.4) is 0 Å². The molecular weight excluding hydrogens is 261 g/mol. The molecule has 1 nitrogen and oxygen atoms in total. The van der Waals surface area contributed by atoms with Gasteiger partial charge in [-0.1, -0.05) is 36.4 Å². The lowest BCUT2D eigenvalue weighted by molar-refractivity contribution is 0.373. The van der Waals surface area contributed by atoms with Crippen molar-refractivity contribution >= 4 is 0 Å². The van der Waals surface area contributed by atoms with Crippen molar-refractivity contribution < 1.29 is 4.39 Å². The van der Waals surface area contributed by atoms with Crippen LogP contribution < -0.4 is 5.32 Å². The second-order valence-electron chi connectivity index (χ2n) is 6.36. The normalized spacial score (nSPS) is 27.2. The van der Waals surface area contributed by atoms with Crippen LogP contribution in [0.1, 0.15) is 29.0 Å². The lowest BCUT2D eigenvalue weighted by Crippen LogP contribution is -2.31. The number of hydrogen-bond acceptors (Lipinski definition) is 1. The summed E-state index contributed by atoms with van der Waals surface area (Å²) in [5.74, 6) is 1.19. The summed E-state index contributed by atoms with van der Waals surface area (Å²) in [6.07, 6.45) is 3.36. The van der Waals surface area contributed by atoms with E-state index in [9.17, 15) is 4.39 Å². The van der Waals surface area contributed by atoms with Crippen LogP contribution in [0.25, 0.3) is 0 Å². The summed E-state index contributed by atoms with van der Waals surface area (Å²) in [5, 5.41) is 3.69. The molecule has 1 saturated heterocycles. The van der Waals surface area contributed by atoms with Crippen molar-refractivity contribution in [3.63, 3.8) is 0 Å². The lowest BCUT2D eigenvalue weighted by atomic mass is 9.74. The maximum absolute atomic E-state index is 13.4. The van der Waals surface area contributed by atoms with E-state index in [0.717, 1.165) is 18.5 Å². The van der Waals surface area contributed by atoms with Gasteiger partial charge in [-0.3, -0.25) is 0 Å². The molecule has 4 rings (SSSR count). The molecule has 21 heavy (non-hydrogen) atoms. The van der Waals surface area contributed by atoms with Crippen molar-refractivity contribution in [2.75, 3.05) is 6.54 Å². The number of aryl methyl sites for hydroxylation is 1. The Morgan fingerprint density at radius 1 is 1.10 bits per heavy atom. The molecule has 0 amide bonds. The maximum atomic E-state index is 13.4. The Kier molecular flexibility index (Phi) is 3.27. The molecule has 1 N–H and O–H groups in total. The van der Waals surface area contributed by atoms with Gasteiger partial charge in [-0.25, -0.2) is 4.39 Å². The Morgan fingerprint density at radius 3 is 2.90 bits per heavy atom. The van der Waals surface area contributed by atoms with Crippen molar-refractivity contribution in [2.45, 2.75) is 31.2 Å². The van der Waals surface area contributed by atoms with Gasteiger partial charge in [0, 0.05) is 18.5 Å². The topological polar surface area (TPSA) is 12.0 Å². The van der Waals surface area contributed by atoms with Crippen LogP contribution in [-0.2, 0) is 12.8 Å². The minimum Gasteiger partial charge on any atom is -0.313 e. The molecule has 2 aliphatic rings. The molecule has 1 heterocycles. The van der Waals surface area contributed by atoms with Crippen LogP contribution in [0.4, 0.5) is 4.39 Å². The van der Waals surface area contributed by atoms with Crippen molar-refractivity contribution in [1.29, 1.82) is 0 Å². The van der Waals surface area contributed by atoms with Gasteiger partial charge in [-0.05, 0) is 54.0 Å². The summed E-state index contributed by atoms with van der Waals surface area (Å²) in [7, 11) is 0. The number of nitrogens with one attached hydrogen (secondary N) is 1. The highest BCUT2D eigenvalue weighted by Gasteiger charge is 2.39. The predicted octanol–water partition coefficient (Wildman–Crippen LogP) is 3.69. The zero-order chi connectivity index (χ0) is 14.2. The fraction of sp³-hybridized carbons (Fsp3) is 0.368. The molecule has 2 heteroatoms. The summed E-state index contributed by atoms with van der Waals surface area (Å²) in [6, 6.07) is 16.4. The Balaban J connectivity index is 1.56. The highest BCUT2D eigenvalue weighted by atomic mass is 19.1. The van der Waals surface area contributed by atoms with E-state index in [1.165, 1.54) is 30.0 Å². The van der Waals surface area contributed by atoms with Gasteiger partial charge in [0.05, 0.1) is 0 Å². The highest BCUT2D eigenvalue weighted by Crippen LogP contribution is 2.41. The van der Waals surface area contributed by atoms with E-state index in [4.69, 9.17) is 0 Å². The third kappa shape index (κ3) is 2.38. The third-order valence-corrected chi connectivity index (χ3v) is 5.18. The second kappa shape index (κ2) is 5.27. The van der Waals surface area contributed by atoms with Gasteiger partial charge in [0.2, 0.25) is 0 Å². The number of rotatable bonds is 2. The Labute approximate surface area is 125 Å². The van der Waals surface area contributed by atoms with E-state index >= 15 is 0 Å². The fourth-order valence-corrected chi connectivity index (χ4v) is 4.19. The van der Waals surface area contributed by atoms with Crippen LogP contribution in [0, 0.1) is 11.7 Å². The molecule has 0 aromatic heterocycles. The van der Waals surface area contributed by atoms with E-state index in [1.54, 1.807) is 6.07 Å². The van der Waals surface area contributed by atoms with Crippen LogP contribution in [0.15, 0.2) is 48.5 Å². The molecule has 1 fully saturated rings. The zero-order valence-corrected chi connectivity index (χ0v) is 12.1. The van der Waals surface area contributed by atoms with Crippen molar-refractivity contribution in [3.8, 4) is 0 Å². The first-order valence-electron chi connectivity index (χ1n) is 7.87. The molecule has 0 saturated carbocycles. The molecule has 3 unspecified atom stereocenters. The monoisotopic (exact) mass is 281 g/mol. The Morgan fingerprint density at radius 2 is 2.00 bits per heavy atom. The molecule has 0 radical (unpaired) electrons. The van der Waals surface area contributed by atoms with Gasteiger partial charge < -0.3 is 5.32 Å². The number of hydrogen-bond donors (Lipinski definition) is 1. The number of fused-ring (bicyclic) bond motifs is 3. The van der Waals surface area contributed by atoms with E-state index in [1.807, 2.05) is 12.1 Å². The fourth-order valence-electron chi connectivity index (χ4n) is 4.19. The molecular formula is C19H20FN. The quantitative estimate of drug-likeness (QED) is 0.885. The largest absolute Gasteiger partial charge is 0.313 e. The molecule has 1 aliphatic carbocycles. The minimum atomic E-state index is -0.129. The van der Waals surface area contributed by atoms with Gasteiger partial charge in [0.15, 0.2) is 0 Å². The first-order valence-corrected chi connectivity index (χ1v) is 7.87. The van der Waals surface area contributed by atoms with Crippen LogP contribution in [0.5, 0.6) is 0 Å². The molecule has 108 valence electrons. The van der Waals surface area contributed by atoms with Crippen LogP contribution in [0.2, 0.25) is 0 Å². The van der Waals surface area contributed by atoms with Gasteiger partial charge >= 0.3 is 0 Å². The standard InChI is InChI=1S/C19H20FN/c20-15-6-3-4-13(10-15)11-19-17-9-8-14-5-1-2-7-16(14)18(17)12-21-19/h1-7,10,17-19,21H,8-9,11-12H2. The van der Waals surface area contributed by atoms with Gasteiger partial charge in [0.1, 0.15) is 5.82 Å². The Hall–Kier alpha value is -1.67. The highest BCUT2D eigenvalue weighted by molar-refractivity contribution is 5.35. The van der Waals surface area contributed by atoms with Crippen LogP contribution in [-0.4, -0.2) is 12.6 Å². The van der Waals surface area contributed by atoms with Gasteiger partial charge in [-0.15, -0.1) is 0 Å². The first kappa shape index (κ1) is 13.0. The molecule has 2 aromatic carbocycles. The summed E-state index contributed by atoms with van der Waals surface area (Å²) in [6.45, 7) is 1.06. The zero-order valence-electron chi connectivity index (χ0n) is 12.1. The molecule has 0 bridgehead atoms. The van der Waals surface area contributed by atoms with E-state index in [0.29, 0.717) is 17.9 Å². The van der Waals surface area contributed by atoms with E-state index < -0.39 is 0 Å². The number of benzene rings is 2. The summed E-state index contributed by atoms with van der Waals surface area (Å²) in [5.41, 5.74) is 4.15. The van der Waals surface area contributed by atoms with E-state index in [2.05, 4.69) is 29.6 Å².